The molecule has 1 aromatic rings. The molecule has 2 aliphatic rings. The van der Waals surface area contributed by atoms with Crippen LogP contribution in [0.25, 0.3) is 0 Å². The van der Waals surface area contributed by atoms with Gasteiger partial charge in [0.05, 0.1) is 12.2 Å². The minimum atomic E-state index is -0.553. The van der Waals surface area contributed by atoms with Gasteiger partial charge in [-0.05, 0) is 42.5 Å². The quantitative estimate of drug-likeness (QED) is 0.674. The van der Waals surface area contributed by atoms with Crippen molar-refractivity contribution in [1.29, 1.82) is 0 Å². The lowest BCUT2D eigenvalue weighted by atomic mass is 9.83. The average Bonchev–Trinajstić information content (AvgIpc) is 2.72. The molecule has 80 valence electrons. The third-order valence-corrected chi connectivity index (χ3v) is 4.15. The van der Waals surface area contributed by atoms with E-state index in [-0.39, 0.29) is 11.8 Å². The van der Waals surface area contributed by atoms with Crippen LogP contribution in [0.15, 0.2) is 12.1 Å². The highest BCUT2D eigenvalue weighted by Gasteiger charge is 2.50. The van der Waals surface area contributed by atoms with Crippen molar-refractivity contribution in [1.82, 2.24) is 0 Å². The smallest absolute Gasteiger partial charge is 0.0873 e. The number of aryl methyl sites for hydroxylation is 2. The Kier molecular flexibility index (Phi) is 1.77. The zero-order valence-electron chi connectivity index (χ0n) is 9.07. The predicted octanol–water partition coefficient (Wildman–Crippen LogP) is 1.61. The molecule has 0 spiro atoms. The molecule has 0 aliphatic heterocycles. The molecule has 2 bridgehead atoms. The molecule has 0 saturated heterocycles. The number of rotatable bonds is 0. The van der Waals surface area contributed by atoms with Crippen LogP contribution in [0.4, 0.5) is 0 Å². The number of benzene rings is 1. The summed E-state index contributed by atoms with van der Waals surface area (Å²) in [6.07, 6.45) is -0.186. The molecule has 1 saturated carbocycles. The normalized spacial score (nSPS) is 37.1. The molecule has 0 aromatic heterocycles. The predicted molar refractivity (Wildman–Crippen MR) is 58.0 cm³/mol. The fourth-order valence-corrected chi connectivity index (χ4v) is 3.44. The zero-order valence-corrected chi connectivity index (χ0v) is 9.07. The van der Waals surface area contributed by atoms with Gasteiger partial charge in [0.2, 0.25) is 0 Å². The van der Waals surface area contributed by atoms with Gasteiger partial charge in [-0.3, -0.25) is 0 Å². The van der Waals surface area contributed by atoms with Crippen LogP contribution >= 0.6 is 0 Å². The summed E-state index contributed by atoms with van der Waals surface area (Å²) in [7, 11) is 0. The first-order valence-electron chi connectivity index (χ1n) is 5.57. The van der Waals surface area contributed by atoms with E-state index in [1.54, 1.807) is 0 Å². The van der Waals surface area contributed by atoms with Gasteiger partial charge in [-0.1, -0.05) is 12.1 Å². The number of hydrogen-bond acceptors (Lipinski definition) is 2. The summed E-state index contributed by atoms with van der Waals surface area (Å²) in [4.78, 5) is 0. The highest BCUT2D eigenvalue weighted by molar-refractivity contribution is 5.52. The van der Waals surface area contributed by atoms with Crippen LogP contribution in [-0.2, 0) is 0 Å². The molecule has 2 nitrogen and oxygen atoms in total. The Labute approximate surface area is 89.6 Å². The summed E-state index contributed by atoms with van der Waals surface area (Å²) in [5, 5.41) is 19.8. The third-order valence-electron chi connectivity index (χ3n) is 4.15. The summed E-state index contributed by atoms with van der Waals surface area (Å²) in [5.74, 6) is 0.333. The van der Waals surface area contributed by atoms with Crippen molar-refractivity contribution in [2.24, 2.45) is 0 Å². The first-order valence-corrected chi connectivity index (χ1v) is 5.57. The molecule has 0 amide bonds. The number of aliphatic hydroxyl groups is 2. The largest absolute Gasteiger partial charge is 0.390 e. The molecule has 4 unspecified atom stereocenters. The van der Waals surface area contributed by atoms with Crippen molar-refractivity contribution >= 4 is 0 Å². The second-order valence-corrected chi connectivity index (χ2v) is 4.96. The highest BCUT2D eigenvalue weighted by atomic mass is 16.3. The molecular weight excluding hydrogens is 188 g/mol. The Morgan fingerprint density at radius 3 is 1.73 bits per heavy atom. The minimum Gasteiger partial charge on any atom is -0.390 e. The van der Waals surface area contributed by atoms with Gasteiger partial charge >= 0.3 is 0 Å². The molecule has 2 N–H and O–H groups in total. The molecule has 15 heavy (non-hydrogen) atoms. The first kappa shape index (κ1) is 9.37. The Bertz CT molecular complexity index is 386. The van der Waals surface area contributed by atoms with Gasteiger partial charge in [-0.25, -0.2) is 0 Å². The van der Waals surface area contributed by atoms with Crippen LogP contribution < -0.4 is 0 Å². The summed E-state index contributed by atoms with van der Waals surface area (Å²) < 4.78 is 0. The van der Waals surface area contributed by atoms with Crippen molar-refractivity contribution < 1.29 is 10.2 Å². The molecule has 0 heterocycles. The Morgan fingerprint density at radius 1 is 0.933 bits per heavy atom. The van der Waals surface area contributed by atoms with Crippen molar-refractivity contribution in [3.63, 3.8) is 0 Å². The monoisotopic (exact) mass is 204 g/mol. The highest BCUT2D eigenvalue weighted by Crippen LogP contribution is 2.55. The summed E-state index contributed by atoms with van der Waals surface area (Å²) in [6.45, 7) is 4.19. The average molecular weight is 204 g/mol. The summed E-state index contributed by atoms with van der Waals surface area (Å²) >= 11 is 0. The van der Waals surface area contributed by atoms with E-state index in [1.165, 1.54) is 22.3 Å². The Balaban J connectivity index is 2.25. The van der Waals surface area contributed by atoms with Crippen LogP contribution in [0.1, 0.15) is 40.5 Å². The Hall–Kier alpha value is -0.860. The van der Waals surface area contributed by atoms with Gasteiger partial charge in [0.1, 0.15) is 0 Å². The lowest BCUT2D eigenvalue weighted by Gasteiger charge is -2.28. The van der Waals surface area contributed by atoms with Crippen LogP contribution in [-0.4, -0.2) is 22.4 Å². The maximum atomic E-state index is 9.90. The van der Waals surface area contributed by atoms with Gasteiger partial charge < -0.3 is 10.2 Å². The molecule has 1 aromatic carbocycles. The van der Waals surface area contributed by atoms with Crippen LogP contribution in [0, 0.1) is 13.8 Å². The molecule has 4 atom stereocenters. The van der Waals surface area contributed by atoms with Gasteiger partial charge in [0, 0.05) is 11.8 Å². The zero-order chi connectivity index (χ0) is 10.7. The van der Waals surface area contributed by atoms with E-state index >= 15 is 0 Å². The van der Waals surface area contributed by atoms with Gasteiger partial charge in [0.15, 0.2) is 0 Å². The van der Waals surface area contributed by atoms with Crippen molar-refractivity contribution in [3.05, 3.63) is 34.4 Å². The van der Waals surface area contributed by atoms with Crippen LogP contribution in [0.2, 0.25) is 0 Å². The number of hydrogen-bond donors (Lipinski definition) is 2. The van der Waals surface area contributed by atoms with Crippen molar-refractivity contribution in [2.45, 2.75) is 44.3 Å². The summed E-state index contributed by atoms with van der Waals surface area (Å²) in [5.41, 5.74) is 5.12. The number of aliphatic hydroxyl groups excluding tert-OH is 2. The lowest BCUT2D eigenvalue weighted by Crippen LogP contribution is -2.31. The van der Waals surface area contributed by atoms with E-state index < -0.39 is 12.2 Å². The third kappa shape index (κ3) is 1.01. The second-order valence-electron chi connectivity index (χ2n) is 4.96. The molecule has 3 rings (SSSR count). The van der Waals surface area contributed by atoms with E-state index in [4.69, 9.17) is 0 Å². The van der Waals surface area contributed by atoms with Crippen molar-refractivity contribution in [2.75, 3.05) is 0 Å². The molecule has 2 heteroatoms. The van der Waals surface area contributed by atoms with E-state index in [1.807, 2.05) is 0 Å². The van der Waals surface area contributed by atoms with Crippen LogP contribution in [0.3, 0.4) is 0 Å². The molecule has 0 radical (unpaired) electrons. The van der Waals surface area contributed by atoms with E-state index in [2.05, 4.69) is 26.0 Å². The van der Waals surface area contributed by atoms with Gasteiger partial charge in [-0.15, -0.1) is 0 Å². The maximum absolute atomic E-state index is 9.90. The van der Waals surface area contributed by atoms with Crippen LogP contribution in [0.5, 0.6) is 0 Å². The first-order chi connectivity index (χ1) is 7.11. The number of fused-ring (bicyclic) bond motifs is 5. The van der Waals surface area contributed by atoms with E-state index in [9.17, 15) is 10.2 Å². The molecular formula is C13H16O2. The standard InChI is InChI=1S/C13H16O2/c1-6-3-4-7(2)11-9-5-8(10(6)11)12(14)13(9)15/h3-4,8-9,12-15H,5H2,1-2H3. The SMILES string of the molecule is Cc1ccc(C)c2c1C1CC2C(O)C1O. The van der Waals surface area contributed by atoms with Crippen molar-refractivity contribution in [3.8, 4) is 0 Å². The maximum Gasteiger partial charge on any atom is 0.0873 e. The van der Waals surface area contributed by atoms with Gasteiger partial charge in [0.25, 0.3) is 0 Å². The minimum absolute atomic E-state index is 0.167. The fraction of sp³-hybridized carbons (Fsp3) is 0.538. The van der Waals surface area contributed by atoms with E-state index in [0.717, 1.165) is 6.42 Å². The lowest BCUT2D eigenvalue weighted by molar-refractivity contribution is 0.0214. The fourth-order valence-electron chi connectivity index (χ4n) is 3.44. The van der Waals surface area contributed by atoms with Gasteiger partial charge in [-0.2, -0.15) is 0 Å². The topological polar surface area (TPSA) is 40.5 Å². The second kappa shape index (κ2) is 2.83. The summed E-state index contributed by atoms with van der Waals surface area (Å²) in [6, 6.07) is 4.24. The Morgan fingerprint density at radius 2 is 1.33 bits per heavy atom. The molecule has 1 fully saturated rings. The van der Waals surface area contributed by atoms with E-state index in [0.29, 0.717) is 0 Å². The molecule has 2 aliphatic carbocycles.